The quantitative estimate of drug-likeness (QED) is 0.753. The van der Waals surface area contributed by atoms with E-state index >= 15 is 0 Å². The molecule has 4 nitrogen and oxygen atoms in total. The maximum absolute atomic E-state index is 13.1. The summed E-state index contributed by atoms with van der Waals surface area (Å²) in [7, 11) is 0. The number of hydrogen-bond acceptors (Lipinski definition) is 5. The second-order valence-corrected chi connectivity index (χ2v) is 8.23. The number of ether oxygens (including phenoxy) is 1. The van der Waals surface area contributed by atoms with E-state index in [0.29, 0.717) is 29.7 Å². The third-order valence-electron chi connectivity index (χ3n) is 4.80. The maximum atomic E-state index is 13.1. The van der Waals surface area contributed by atoms with Crippen LogP contribution in [0.25, 0.3) is 0 Å². The summed E-state index contributed by atoms with van der Waals surface area (Å²) in [6.45, 7) is 0. The molecule has 2 N–H and O–H groups in total. The van der Waals surface area contributed by atoms with Crippen molar-refractivity contribution in [3.63, 3.8) is 0 Å². The zero-order valence-electron chi connectivity index (χ0n) is 13.7. The number of thiophene rings is 1. The van der Waals surface area contributed by atoms with Gasteiger partial charge >= 0.3 is 0 Å². The largest absolute Gasteiger partial charge is 0.444 e. The van der Waals surface area contributed by atoms with Crippen molar-refractivity contribution in [2.45, 2.75) is 24.7 Å². The van der Waals surface area contributed by atoms with Crippen molar-refractivity contribution >= 4 is 33.0 Å². The fourth-order valence-electron chi connectivity index (χ4n) is 3.63. The molecule has 0 saturated heterocycles. The second kappa shape index (κ2) is 6.75. The summed E-state index contributed by atoms with van der Waals surface area (Å²) in [5.41, 5.74) is 8.04. The normalized spacial score (nSPS) is 22.7. The monoisotopic (exact) mass is 426 g/mol. The SMILES string of the molecule is N#CC1=C(N)OC2=C(C(=O)CC(c3ccccc3)C2)C1c1cc(Br)cs1. The Morgan fingerprint density at radius 3 is 2.69 bits per heavy atom. The van der Waals surface area contributed by atoms with Crippen molar-refractivity contribution in [1.82, 2.24) is 0 Å². The molecule has 26 heavy (non-hydrogen) atoms. The lowest BCUT2D eigenvalue weighted by molar-refractivity contribution is -0.117. The number of nitrogens with two attached hydrogens (primary N) is 1. The standard InChI is InChI=1S/C20H15BrN2O2S/c21-13-8-17(26-10-13)18-14(9-22)20(23)25-16-7-12(6-15(24)19(16)18)11-4-2-1-3-5-11/h1-5,8,10,12,18H,6-7,23H2. The highest BCUT2D eigenvalue weighted by molar-refractivity contribution is 9.10. The lowest BCUT2D eigenvalue weighted by atomic mass is 9.75. The highest BCUT2D eigenvalue weighted by Crippen LogP contribution is 2.48. The number of nitriles is 1. The number of carbonyl (C=O) groups excluding carboxylic acids is 1. The summed E-state index contributed by atoms with van der Waals surface area (Å²) in [5.74, 6) is 0.345. The number of nitrogens with zero attached hydrogens (tertiary/aromatic N) is 1. The molecule has 1 aliphatic heterocycles. The number of rotatable bonds is 2. The van der Waals surface area contributed by atoms with E-state index in [9.17, 15) is 10.1 Å². The predicted molar refractivity (Wildman–Crippen MR) is 103 cm³/mol. The number of ketones is 1. The summed E-state index contributed by atoms with van der Waals surface area (Å²) in [6.07, 6.45) is 1.02. The lowest BCUT2D eigenvalue weighted by Crippen LogP contribution is -2.29. The first kappa shape index (κ1) is 17.1. The minimum absolute atomic E-state index is 0.0230. The molecular weight excluding hydrogens is 412 g/mol. The van der Waals surface area contributed by atoms with Crippen molar-refractivity contribution in [2.75, 3.05) is 0 Å². The molecule has 1 aromatic carbocycles. The van der Waals surface area contributed by atoms with Crippen LogP contribution in [0.2, 0.25) is 0 Å². The van der Waals surface area contributed by atoms with E-state index in [1.165, 1.54) is 11.3 Å². The van der Waals surface area contributed by atoms with E-state index in [1.807, 2.05) is 41.8 Å². The van der Waals surface area contributed by atoms with Gasteiger partial charge in [0.1, 0.15) is 17.4 Å². The van der Waals surface area contributed by atoms with Gasteiger partial charge < -0.3 is 10.5 Å². The van der Waals surface area contributed by atoms with Gasteiger partial charge in [-0.15, -0.1) is 11.3 Å². The summed E-state index contributed by atoms with van der Waals surface area (Å²) < 4.78 is 6.68. The van der Waals surface area contributed by atoms with Crippen LogP contribution in [0.1, 0.15) is 35.1 Å². The molecule has 2 heterocycles. The zero-order valence-corrected chi connectivity index (χ0v) is 16.1. The van der Waals surface area contributed by atoms with Gasteiger partial charge in [0.2, 0.25) is 5.88 Å². The first-order chi connectivity index (χ1) is 12.6. The van der Waals surface area contributed by atoms with E-state index in [4.69, 9.17) is 10.5 Å². The summed E-state index contributed by atoms with van der Waals surface area (Å²) in [5, 5.41) is 11.5. The topological polar surface area (TPSA) is 76.1 Å². The maximum Gasteiger partial charge on any atom is 0.205 e. The molecule has 2 aliphatic rings. The molecule has 130 valence electrons. The van der Waals surface area contributed by atoms with Gasteiger partial charge in [0, 0.05) is 33.1 Å². The smallest absolute Gasteiger partial charge is 0.205 e. The summed E-state index contributed by atoms with van der Waals surface area (Å²) in [6, 6.07) is 14.0. The summed E-state index contributed by atoms with van der Waals surface area (Å²) >= 11 is 4.95. The van der Waals surface area contributed by atoms with Crippen molar-refractivity contribution in [2.24, 2.45) is 5.73 Å². The van der Waals surface area contributed by atoms with Gasteiger partial charge in [-0.05, 0) is 33.5 Å². The van der Waals surface area contributed by atoms with Crippen LogP contribution in [0.3, 0.4) is 0 Å². The molecule has 0 fully saturated rings. The van der Waals surface area contributed by atoms with Crippen molar-refractivity contribution in [1.29, 1.82) is 5.26 Å². The molecule has 2 aromatic rings. The van der Waals surface area contributed by atoms with Gasteiger partial charge in [-0.1, -0.05) is 30.3 Å². The van der Waals surface area contributed by atoms with Crippen LogP contribution in [-0.4, -0.2) is 5.78 Å². The third kappa shape index (κ3) is 2.87. The van der Waals surface area contributed by atoms with Crippen LogP contribution in [-0.2, 0) is 9.53 Å². The second-order valence-electron chi connectivity index (χ2n) is 6.37. The average molecular weight is 427 g/mol. The van der Waals surface area contributed by atoms with Gasteiger partial charge in [0.15, 0.2) is 5.78 Å². The molecule has 0 radical (unpaired) electrons. The van der Waals surface area contributed by atoms with Crippen LogP contribution in [0.5, 0.6) is 0 Å². The molecule has 0 amide bonds. The third-order valence-corrected chi connectivity index (χ3v) is 6.56. The molecule has 1 aromatic heterocycles. The number of carbonyl (C=O) groups is 1. The highest BCUT2D eigenvalue weighted by Gasteiger charge is 2.41. The molecule has 1 aliphatic carbocycles. The van der Waals surface area contributed by atoms with Gasteiger partial charge in [0.25, 0.3) is 0 Å². The van der Waals surface area contributed by atoms with Crippen LogP contribution >= 0.6 is 27.3 Å². The fraction of sp³-hybridized carbons (Fsp3) is 0.200. The number of allylic oxidation sites excluding steroid dienone is 3. The summed E-state index contributed by atoms with van der Waals surface area (Å²) in [4.78, 5) is 14.0. The van der Waals surface area contributed by atoms with E-state index in [2.05, 4.69) is 22.0 Å². The Bertz CT molecular complexity index is 985. The Hall–Kier alpha value is -2.36. The van der Waals surface area contributed by atoms with Crippen LogP contribution in [0.15, 0.2) is 69.0 Å². The van der Waals surface area contributed by atoms with Gasteiger partial charge in [-0.25, -0.2) is 0 Å². The number of hydrogen-bond donors (Lipinski definition) is 1. The predicted octanol–water partition coefficient (Wildman–Crippen LogP) is 4.72. The molecular formula is C20H15BrN2O2S. The van der Waals surface area contributed by atoms with Crippen molar-refractivity contribution in [3.8, 4) is 6.07 Å². The van der Waals surface area contributed by atoms with E-state index in [-0.39, 0.29) is 17.6 Å². The first-order valence-electron chi connectivity index (χ1n) is 8.21. The van der Waals surface area contributed by atoms with Crippen LogP contribution in [0, 0.1) is 11.3 Å². The molecule has 2 unspecified atom stereocenters. The Kier molecular flexibility index (Phi) is 4.43. The van der Waals surface area contributed by atoms with Crippen molar-refractivity contribution < 1.29 is 9.53 Å². The Labute approximate surface area is 163 Å². The number of benzene rings is 1. The number of Topliss-reactive ketones (excluding diaryl/α,β-unsaturated/α-hetero) is 1. The van der Waals surface area contributed by atoms with E-state index in [0.717, 1.165) is 14.9 Å². The van der Waals surface area contributed by atoms with E-state index < -0.39 is 5.92 Å². The zero-order chi connectivity index (χ0) is 18.3. The van der Waals surface area contributed by atoms with Gasteiger partial charge in [0.05, 0.1) is 5.92 Å². The Morgan fingerprint density at radius 1 is 1.27 bits per heavy atom. The van der Waals surface area contributed by atoms with Gasteiger partial charge in [-0.3, -0.25) is 4.79 Å². The van der Waals surface area contributed by atoms with Gasteiger partial charge in [-0.2, -0.15) is 5.26 Å². The molecule has 0 bridgehead atoms. The molecule has 0 spiro atoms. The Morgan fingerprint density at radius 2 is 2.04 bits per heavy atom. The Balaban J connectivity index is 1.79. The fourth-order valence-corrected chi connectivity index (χ4v) is 5.19. The average Bonchev–Trinajstić information content (AvgIpc) is 3.07. The first-order valence-corrected chi connectivity index (χ1v) is 9.88. The van der Waals surface area contributed by atoms with Crippen molar-refractivity contribution in [3.05, 3.63) is 79.5 Å². The van der Waals surface area contributed by atoms with Crippen LogP contribution in [0.4, 0.5) is 0 Å². The lowest BCUT2D eigenvalue weighted by Gasteiger charge is -2.33. The molecule has 4 rings (SSSR count). The highest BCUT2D eigenvalue weighted by atomic mass is 79.9. The number of halogens is 1. The molecule has 0 saturated carbocycles. The van der Waals surface area contributed by atoms with Crippen LogP contribution < -0.4 is 5.73 Å². The molecule has 2 atom stereocenters. The molecule has 6 heteroatoms. The minimum atomic E-state index is -0.440. The van der Waals surface area contributed by atoms with E-state index in [1.54, 1.807) is 0 Å². The minimum Gasteiger partial charge on any atom is -0.444 e.